The summed E-state index contributed by atoms with van der Waals surface area (Å²) in [5.74, 6) is 1.35. The van der Waals surface area contributed by atoms with Crippen LogP contribution in [0.25, 0.3) is 10.7 Å². The van der Waals surface area contributed by atoms with Gasteiger partial charge in [-0.25, -0.2) is 0 Å². The molecule has 1 aromatic carbocycles. The maximum absolute atomic E-state index is 12.2. The molecule has 0 saturated carbocycles. The second kappa shape index (κ2) is 7.40. The second-order valence-corrected chi connectivity index (χ2v) is 6.73. The van der Waals surface area contributed by atoms with E-state index < -0.39 is 0 Å². The molecule has 0 saturated heterocycles. The van der Waals surface area contributed by atoms with Crippen molar-refractivity contribution in [2.24, 2.45) is 0 Å². The zero-order valence-corrected chi connectivity index (χ0v) is 14.5. The number of rotatable bonds is 6. The van der Waals surface area contributed by atoms with Crippen LogP contribution in [0.4, 0.5) is 5.69 Å². The van der Waals surface area contributed by atoms with Crippen LogP contribution in [0.5, 0.6) is 0 Å². The molecule has 0 aliphatic rings. The Morgan fingerprint density at radius 3 is 2.83 bits per heavy atom. The van der Waals surface area contributed by atoms with Gasteiger partial charge in [0.2, 0.25) is 17.6 Å². The van der Waals surface area contributed by atoms with E-state index in [1.165, 1.54) is 0 Å². The monoisotopic (exact) mass is 341 g/mol. The van der Waals surface area contributed by atoms with Crippen molar-refractivity contribution in [1.29, 1.82) is 0 Å². The highest BCUT2D eigenvalue weighted by atomic mass is 32.1. The summed E-state index contributed by atoms with van der Waals surface area (Å²) in [7, 11) is 0. The van der Waals surface area contributed by atoms with Crippen molar-refractivity contribution >= 4 is 22.9 Å². The number of hydrogen-bond acceptors (Lipinski definition) is 5. The molecule has 24 heavy (non-hydrogen) atoms. The normalized spacial score (nSPS) is 11.0. The Morgan fingerprint density at radius 1 is 1.25 bits per heavy atom. The van der Waals surface area contributed by atoms with Gasteiger partial charge in [-0.3, -0.25) is 4.79 Å². The van der Waals surface area contributed by atoms with E-state index in [1.807, 2.05) is 41.8 Å². The number of nitrogens with zero attached hydrogens (tertiary/aromatic N) is 2. The van der Waals surface area contributed by atoms with Crippen LogP contribution in [-0.4, -0.2) is 16.0 Å². The summed E-state index contributed by atoms with van der Waals surface area (Å²) in [4.78, 5) is 17.5. The lowest BCUT2D eigenvalue weighted by atomic mass is 10.0. The Kier molecular flexibility index (Phi) is 5.05. The molecule has 0 atom stereocenters. The number of aryl methyl sites for hydroxylation is 1. The smallest absolute Gasteiger partial charge is 0.227 e. The Bertz CT molecular complexity index is 809. The zero-order valence-electron chi connectivity index (χ0n) is 13.7. The fourth-order valence-corrected chi connectivity index (χ4v) is 3.06. The number of hydrogen-bond donors (Lipinski definition) is 1. The van der Waals surface area contributed by atoms with Gasteiger partial charge in [0.15, 0.2) is 0 Å². The fraction of sp³-hybridized carbons (Fsp3) is 0.278. The Labute approximate surface area is 144 Å². The number of benzene rings is 1. The highest BCUT2D eigenvalue weighted by Gasteiger charge is 2.13. The molecule has 2 aromatic heterocycles. The molecule has 3 aromatic rings. The van der Waals surface area contributed by atoms with Crippen molar-refractivity contribution in [3.8, 4) is 10.7 Å². The number of thiophene rings is 1. The summed E-state index contributed by atoms with van der Waals surface area (Å²) >= 11 is 1.56. The predicted octanol–water partition coefficient (Wildman–Crippen LogP) is 4.49. The van der Waals surface area contributed by atoms with E-state index in [4.69, 9.17) is 4.52 Å². The summed E-state index contributed by atoms with van der Waals surface area (Å²) in [6, 6.07) is 11.7. The lowest BCUT2D eigenvalue weighted by Gasteiger charge is -2.13. The first-order chi connectivity index (χ1) is 11.6. The third kappa shape index (κ3) is 3.89. The molecule has 0 fully saturated rings. The van der Waals surface area contributed by atoms with Crippen LogP contribution in [0.3, 0.4) is 0 Å². The van der Waals surface area contributed by atoms with Crippen LogP contribution in [0.15, 0.2) is 46.3 Å². The van der Waals surface area contributed by atoms with Gasteiger partial charge in [-0.05, 0) is 29.0 Å². The van der Waals surface area contributed by atoms with E-state index in [0.717, 1.165) is 16.1 Å². The Balaban J connectivity index is 1.58. The first kappa shape index (κ1) is 16.4. The average molecular weight is 341 g/mol. The van der Waals surface area contributed by atoms with Crippen LogP contribution in [0.2, 0.25) is 0 Å². The fourth-order valence-electron chi connectivity index (χ4n) is 2.41. The average Bonchev–Trinajstić information content (AvgIpc) is 3.24. The first-order valence-electron chi connectivity index (χ1n) is 7.88. The highest BCUT2D eigenvalue weighted by molar-refractivity contribution is 7.13. The van der Waals surface area contributed by atoms with Crippen molar-refractivity contribution in [2.75, 3.05) is 5.32 Å². The topological polar surface area (TPSA) is 68.0 Å². The molecule has 0 radical (unpaired) electrons. The summed E-state index contributed by atoms with van der Waals surface area (Å²) in [6.45, 7) is 4.21. The molecule has 0 bridgehead atoms. The summed E-state index contributed by atoms with van der Waals surface area (Å²) < 4.78 is 5.22. The minimum atomic E-state index is -0.0565. The quantitative estimate of drug-likeness (QED) is 0.717. The molecule has 0 aliphatic heterocycles. The minimum Gasteiger partial charge on any atom is -0.339 e. The largest absolute Gasteiger partial charge is 0.339 e. The Hall–Kier alpha value is -2.47. The van der Waals surface area contributed by atoms with Gasteiger partial charge in [-0.1, -0.05) is 43.3 Å². The molecule has 2 heterocycles. The molecular formula is C18H19N3O2S. The van der Waals surface area contributed by atoms with Crippen LogP contribution < -0.4 is 5.32 Å². The lowest BCUT2D eigenvalue weighted by Crippen LogP contribution is -2.14. The number of carbonyl (C=O) groups excluding carboxylic acids is 1. The van der Waals surface area contributed by atoms with E-state index in [2.05, 4.69) is 29.3 Å². The van der Waals surface area contributed by atoms with E-state index >= 15 is 0 Å². The van der Waals surface area contributed by atoms with Gasteiger partial charge in [0.05, 0.1) is 4.88 Å². The SMILES string of the molecule is CC(C)c1ccccc1NC(=O)CCc1nc(-c2cccs2)no1. The maximum Gasteiger partial charge on any atom is 0.227 e. The van der Waals surface area contributed by atoms with Gasteiger partial charge >= 0.3 is 0 Å². The molecule has 3 rings (SSSR count). The number of aromatic nitrogens is 2. The third-order valence-electron chi connectivity index (χ3n) is 3.63. The summed E-state index contributed by atoms with van der Waals surface area (Å²) in [5.41, 5.74) is 1.99. The first-order valence-corrected chi connectivity index (χ1v) is 8.76. The van der Waals surface area contributed by atoms with Crippen molar-refractivity contribution in [3.63, 3.8) is 0 Å². The molecular weight excluding hydrogens is 322 g/mol. The van der Waals surface area contributed by atoms with Gasteiger partial charge < -0.3 is 9.84 Å². The molecule has 1 N–H and O–H groups in total. The lowest BCUT2D eigenvalue weighted by molar-refractivity contribution is -0.116. The maximum atomic E-state index is 12.2. The molecule has 0 spiro atoms. The van der Waals surface area contributed by atoms with E-state index in [1.54, 1.807) is 11.3 Å². The number of anilines is 1. The van der Waals surface area contributed by atoms with E-state index in [-0.39, 0.29) is 5.91 Å². The summed E-state index contributed by atoms with van der Waals surface area (Å²) in [5, 5.41) is 8.88. The van der Waals surface area contributed by atoms with Crippen LogP contribution >= 0.6 is 11.3 Å². The minimum absolute atomic E-state index is 0.0565. The summed E-state index contributed by atoms with van der Waals surface area (Å²) in [6.07, 6.45) is 0.729. The third-order valence-corrected chi connectivity index (χ3v) is 4.50. The van der Waals surface area contributed by atoms with Crippen molar-refractivity contribution in [2.45, 2.75) is 32.6 Å². The number of para-hydroxylation sites is 1. The van der Waals surface area contributed by atoms with Crippen LogP contribution in [0.1, 0.15) is 37.6 Å². The number of carbonyl (C=O) groups is 1. The van der Waals surface area contributed by atoms with E-state index in [0.29, 0.717) is 30.5 Å². The van der Waals surface area contributed by atoms with Gasteiger partial charge in [-0.2, -0.15) is 4.98 Å². The number of amides is 1. The molecule has 0 unspecified atom stereocenters. The van der Waals surface area contributed by atoms with Gasteiger partial charge in [0.1, 0.15) is 0 Å². The zero-order chi connectivity index (χ0) is 16.9. The molecule has 6 heteroatoms. The molecule has 0 aliphatic carbocycles. The highest BCUT2D eigenvalue weighted by Crippen LogP contribution is 2.24. The van der Waals surface area contributed by atoms with Gasteiger partial charge in [0, 0.05) is 18.5 Å². The van der Waals surface area contributed by atoms with Gasteiger partial charge in [-0.15, -0.1) is 11.3 Å². The van der Waals surface area contributed by atoms with Crippen LogP contribution in [-0.2, 0) is 11.2 Å². The van der Waals surface area contributed by atoms with Gasteiger partial charge in [0.25, 0.3) is 0 Å². The Morgan fingerprint density at radius 2 is 2.08 bits per heavy atom. The molecule has 5 nitrogen and oxygen atoms in total. The number of nitrogens with one attached hydrogen (secondary N) is 1. The molecule has 1 amide bonds. The standard InChI is InChI=1S/C18H19N3O2S/c1-12(2)13-6-3-4-7-14(13)19-16(22)9-10-17-20-18(21-23-17)15-8-5-11-24-15/h3-8,11-12H,9-10H2,1-2H3,(H,19,22). The van der Waals surface area contributed by atoms with Crippen molar-refractivity contribution in [1.82, 2.24) is 10.1 Å². The van der Waals surface area contributed by atoms with Crippen molar-refractivity contribution < 1.29 is 9.32 Å². The predicted molar refractivity (Wildman–Crippen MR) is 95.1 cm³/mol. The molecule has 124 valence electrons. The van der Waals surface area contributed by atoms with Crippen molar-refractivity contribution in [3.05, 3.63) is 53.2 Å². The van der Waals surface area contributed by atoms with E-state index in [9.17, 15) is 4.79 Å². The second-order valence-electron chi connectivity index (χ2n) is 5.78. The van der Waals surface area contributed by atoms with Crippen LogP contribution in [0, 0.1) is 0 Å².